The van der Waals surface area contributed by atoms with E-state index in [1.165, 1.54) is 0 Å². The first-order valence-corrected chi connectivity index (χ1v) is 7.81. The highest BCUT2D eigenvalue weighted by atomic mass is 16.5. The minimum atomic E-state index is -0.240. The van der Waals surface area contributed by atoms with Crippen molar-refractivity contribution in [3.63, 3.8) is 0 Å². The number of carbonyl (C=O) groups is 1. The second-order valence-electron chi connectivity index (χ2n) is 6.32. The Bertz CT molecular complexity index is 613. The molecule has 1 aromatic heterocycles. The van der Waals surface area contributed by atoms with Crippen LogP contribution in [0.4, 0.5) is 0 Å². The van der Waals surface area contributed by atoms with Gasteiger partial charge in [0.2, 0.25) is 0 Å². The van der Waals surface area contributed by atoms with Gasteiger partial charge in [0.05, 0.1) is 25.4 Å². The van der Waals surface area contributed by atoms with Crippen molar-refractivity contribution in [2.75, 3.05) is 6.61 Å². The van der Waals surface area contributed by atoms with Gasteiger partial charge in [-0.05, 0) is 45.4 Å². The molecule has 1 aromatic carbocycles. The van der Waals surface area contributed by atoms with Crippen LogP contribution in [0.3, 0.4) is 0 Å². The standard InChI is InChI=1S/C18H24N2O3/c1-5-22-17(21)12-16(20-11-10-19-13-20)14-6-8-15(9-7-14)23-18(2,3)4/h6-11,13,16H,5,12H2,1-4H3. The summed E-state index contributed by atoms with van der Waals surface area (Å²) in [6.07, 6.45) is 5.53. The Morgan fingerprint density at radius 2 is 1.96 bits per heavy atom. The zero-order valence-corrected chi connectivity index (χ0v) is 14.2. The fourth-order valence-corrected chi connectivity index (χ4v) is 2.34. The molecule has 0 amide bonds. The predicted octanol–water partition coefficient (Wildman–Crippen LogP) is 3.60. The second-order valence-corrected chi connectivity index (χ2v) is 6.32. The number of benzene rings is 1. The zero-order chi connectivity index (χ0) is 16.9. The van der Waals surface area contributed by atoms with E-state index in [2.05, 4.69) is 4.98 Å². The van der Waals surface area contributed by atoms with Crippen molar-refractivity contribution in [2.45, 2.75) is 45.8 Å². The molecule has 2 aromatic rings. The molecule has 1 atom stereocenters. The number of esters is 1. The Hall–Kier alpha value is -2.30. The third-order valence-electron chi connectivity index (χ3n) is 3.24. The topological polar surface area (TPSA) is 53.4 Å². The van der Waals surface area contributed by atoms with Gasteiger partial charge < -0.3 is 14.0 Å². The van der Waals surface area contributed by atoms with Gasteiger partial charge in [-0.2, -0.15) is 0 Å². The maximum atomic E-state index is 11.9. The van der Waals surface area contributed by atoms with Crippen LogP contribution in [0.15, 0.2) is 43.0 Å². The molecular weight excluding hydrogens is 292 g/mol. The summed E-state index contributed by atoms with van der Waals surface area (Å²) >= 11 is 0. The number of aromatic nitrogens is 2. The summed E-state index contributed by atoms with van der Waals surface area (Å²) in [6, 6.07) is 7.67. The molecule has 0 saturated heterocycles. The molecule has 5 nitrogen and oxygen atoms in total. The Kier molecular flexibility index (Phi) is 5.42. The van der Waals surface area contributed by atoms with Gasteiger partial charge in [-0.15, -0.1) is 0 Å². The summed E-state index contributed by atoms with van der Waals surface area (Å²) in [6.45, 7) is 8.22. The predicted molar refractivity (Wildman–Crippen MR) is 88.4 cm³/mol. The van der Waals surface area contributed by atoms with Crippen LogP contribution in [0.1, 0.15) is 45.7 Å². The van der Waals surface area contributed by atoms with E-state index in [1.54, 1.807) is 12.5 Å². The van der Waals surface area contributed by atoms with Crippen molar-refractivity contribution in [3.05, 3.63) is 48.5 Å². The van der Waals surface area contributed by atoms with Gasteiger partial charge in [0, 0.05) is 12.4 Å². The summed E-state index contributed by atoms with van der Waals surface area (Å²) < 4.78 is 12.8. The van der Waals surface area contributed by atoms with Crippen LogP contribution >= 0.6 is 0 Å². The van der Waals surface area contributed by atoms with Crippen LogP contribution in [-0.4, -0.2) is 27.7 Å². The number of rotatable bonds is 6. The van der Waals surface area contributed by atoms with E-state index in [0.717, 1.165) is 11.3 Å². The highest BCUT2D eigenvalue weighted by Gasteiger charge is 2.19. The van der Waals surface area contributed by atoms with Crippen molar-refractivity contribution in [3.8, 4) is 5.75 Å². The van der Waals surface area contributed by atoms with Crippen LogP contribution in [0.2, 0.25) is 0 Å². The molecule has 1 unspecified atom stereocenters. The van der Waals surface area contributed by atoms with E-state index < -0.39 is 0 Å². The number of nitrogens with zero attached hydrogens (tertiary/aromatic N) is 2. The lowest BCUT2D eigenvalue weighted by Crippen LogP contribution is -2.23. The van der Waals surface area contributed by atoms with Gasteiger partial charge in [-0.25, -0.2) is 4.98 Å². The Balaban J connectivity index is 2.20. The summed E-state index contributed by atoms with van der Waals surface area (Å²) in [7, 11) is 0. The molecule has 0 aliphatic carbocycles. The fourth-order valence-electron chi connectivity index (χ4n) is 2.34. The molecular formula is C18H24N2O3. The third-order valence-corrected chi connectivity index (χ3v) is 3.24. The summed E-state index contributed by atoms with van der Waals surface area (Å²) in [5.74, 6) is 0.586. The minimum Gasteiger partial charge on any atom is -0.488 e. The number of carbonyl (C=O) groups excluding carboxylic acids is 1. The molecule has 0 saturated carbocycles. The highest BCUT2D eigenvalue weighted by molar-refractivity contribution is 5.70. The quantitative estimate of drug-likeness (QED) is 0.764. The monoisotopic (exact) mass is 316 g/mol. The Morgan fingerprint density at radius 3 is 2.48 bits per heavy atom. The number of imidazole rings is 1. The van der Waals surface area contributed by atoms with Crippen molar-refractivity contribution >= 4 is 5.97 Å². The third kappa shape index (κ3) is 5.13. The van der Waals surface area contributed by atoms with Crippen LogP contribution in [0, 0.1) is 0 Å². The van der Waals surface area contributed by atoms with E-state index >= 15 is 0 Å². The molecule has 0 aliphatic rings. The van der Waals surface area contributed by atoms with E-state index in [4.69, 9.17) is 9.47 Å². The number of ether oxygens (including phenoxy) is 2. The van der Waals surface area contributed by atoms with Crippen LogP contribution < -0.4 is 4.74 Å². The smallest absolute Gasteiger partial charge is 0.308 e. The van der Waals surface area contributed by atoms with Crippen molar-refractivity contribution in [1.29, 1.82) is 0 Å². The SMILES string of the molecule is CCOC(=O)CC(c1ccc(OC(C)(C)C)cc1)n1ccnc1. The average molecular weight is 316 g/mol. The molecule has 5 heteroatoms. The molecule has 1 heterocycles. The highest BCUT2D eigenvalue weighted by Crippen LogP contribution is 2.26. The second kappa shape index (κ2) is 7.31. The lowest BCUT2D eigenvalue weighted by atomic mass is 10.0. The Labute approximate surface area is 137 Å². The molecule has 0 radical (unpaired) electrons. The number of hydrogen-bond donors (Lipinski definition) is 0. The van der Waals surface area contributed by atoms with E-state index in [0.29, 0.717) is 6.61 Å². The normalized spacial score (nSPS) is 12.7. The molecule has 0 bridgehead atoms. The summed E-state index contributed by atoms with van der Waals surface area (Å²) in [4.78, 5) is 16.0. The summed E-state index contributed by atoms with van der Waals surface area (Å²) in [5.41, 5.74) is 0.772. The molecule has 0 fully saturated rings. The molecule has 0 N–H and O–H groups in total. The first-order valence-electron chi connectivity index (χ1n) is 7.81. The lowest BCUT2D eigenvalue weighted by Gasteiger charge is -2.22. The molecule has 0 aliphatic heterocycles. The average Bonchev–Trinajstić information content (AvgIpc) is 2.98. The van der Waals surface area contributed by atoms with Crippen molar-refractivity contribution in [1.82, 2.24) is 9.55 Å². The fraction of sp³-hybridized carbons (Fsp3) is 0.444. The minimum absolute atomic E-state index is 0.139. The first-order chi connectivity index (χ1) is 10.9. The van der Waals surface area contributed by atoms with Gasteiger partial charge in [-0.3, -0.25) is 4.79 Å². The first kappa shape index (κ1) is 17.1. The van der Waals surface area contributed by atoms with Crippen molar-refractivity contribution < 1.29 is 14.3 Å². The van der Waals surface area contributed by atoms with Crippen LogP contribution in [-0.2, 0) is 9.53 Å². The molecule has 0 spiro atoms. The maximum Gasteiger partial charge on any atom is 0.308 e. The number of hydrogen-bond acceptors (Lipinski definition) is 4. The molecule has 124 valence electrons. The lowest BCUT2D eigenvalue weighted by molar-refractivity contribution is -0.143. The van der Waals surface area contributed by atoms with Gasteiger partial charge in [-0.1, -0.05) is 12.1 Å². The largest absolute Gasteiger partial charge is 0.488 e. The Morgan fingerprint density at radius 1 is 1.26 bits per heavy atom. The van der Waals surface area contributed by atoms with Crippen LogP contribution in [0.5, 0.6) is 5.75 Å². The van der Waals surface area contributed by atoms with Crippen molar-refractivity contribution in [2.24, 2.45) is 0 Å². The summed E-state index contributed by atoms with van der Waals surface area (Å²) in [5, 5.41) is 0. The van der Waals surface area contributed by atoms with Crippen LogP contribution in [0.25, 0.3) is 0 Å². The van der Waals surface area contributed by atoms with E-state index in [1.807, 2.05) is 62.7 Å². The zero-order valence-electron chi connectivity index (χ0n) is 14.2. The van der Waals surface area contributed by atoms with Gasteiger partial charge in [0.15, 0.2) is 0 Å². The van der Waals surface area contributed by atoms with Gasteiger partial charge in [0.25, 0.3) is 0 Å². The van der Waals surface area contributed by atoms with Gasteiger partial charge >= 0.3 is 5.97 Å². The van der Waals surface area contributed by atoms with E-state index in [9.17, 15) is 4.79 Å². The molecule has 2 rings (SSSR count). The van der Waals surface area contributed by atoms with Gasteiger partial charge in [0.1, 0.15) is 11.4 Å². The molecule has 23 heavy (non-hydrogen) atoms. The van der Waals surface area contributed by atoms with E-state index in [-0.39, 0.29) is 24.0 Å². The maximum absolute atomic E-state index is 11.9.